The van der Waals surface area contributed by atoms with Crippen LogP contribution in [0.15, 0.2) is 28.7 Å². The molecule has 1 aromatic heterocycles. The van der Waals surface area contributed by atoms with Crippen molar-refractivity contribution in [2.24, 2.45) is 0 Å². The van der Waals surface area contributed by atoms with E-state index in [1.807, 2.05) is 31.1 Å². The minimum absolute atomic E-state index is 0.638. The van der Waals surface area contributed by atoms with Crippen LogP contribution in [0, 0.1) is 0 Å². The summed E-state index contributed by atoms with van der Waals surface area (Å²) >= 11 is 5.11. The quantitative estimate of drug-likeness (QED) is 0.947. The zero-order valence-corrected chi connectivity index (χ0v) is 12.2. The maximum absolute atomic E-state index is 5.93. The van der Waals surface area contributed by atoms with Crippen LogP contribution < -0.4 is 10.6 Å². The van der Waals surface area contributed by atoms with Crippen molar-refractivity contribution in [1.82, 2.24) is 4.98 Å². The molecule has 0 bridgehead atoms. The van der Waals surface area contributed by atoms with Gasteiger partial charge in [-0.2, -0.15) is 0 Å². The lowest BCUT2D eigenvalue weighted by molar-refractivity contribution is 1.10. The van der Waals surface area contributed by atoms with Crippen molar-refractivity contribution in [3.8, 4) is 0 Å². The molecule has 2 N–H and O–H groups in total. The molecule has 2 aromatic rings. The second kappa shape index (κ2) is 5.06. The van der Waals surface area contributed by atoms with Gasteiger partial charge in [0.15, 0.2) is 5.13 Å². The Morgan fingerprint density at radius 1 is 1.41 bits per heavy atom. The highest BCUT2D eigenvalue weighted by Gasteiger charge is 2.10. The number of rotatable bonds is 3. The average Bonchev–Trinajstić information content (AvgIpc) is 2.61. The van der Waals surface area contributed by atoms with Gasteiger partial charge < -0.3 is 10.6 Å². The smallest absolute Gasteiger partial charge is 0.187 e. The van der Waals surface area contributed by atoms with Crippen LogP contribution in [-0.2, 0) is 6.42 Å². The van der Waals surface area contributed by atoms with Gasteiger partial charge in [-0.1, -0.05) is 39.4 Å². The Balaban J connectivity index is 2.24. The molecule has 0 fully saturated rings. The summed E-state index contributed by atoms with van der Waals surface area (Å²) in [5, 5.41) is 0.951. The van der Waals surface area contributed by atoms with Crippen molar-refractivity contribution in [2.45, 2.75) is 6.42 Å². The topological polar surface area (TPSA) is 42.2 Å². The van der Waals surface area contributed by atoms with Crippen LogP contribution in [0.5, 0.6) is 0 Å². The van der Waals surface area contributed by atoms with Crippen LogP contribution in [0.25, 0.3) is 0 Å². The minimum atomic E-state index is 0.638. The summed E-state index contributed by atoms with van der Waals surface area (Å²) in [4.78, 5) is 7.43. The molecule has 2 rings (SSSR count). The Morgan fingerprint density at radius 3 is 2.76 bits per heavy atom. The number of nitrogens with two attached hydrogens (primary N) is 1. The first kappa shape index (κ1) is 12.4. The first-order valence-corrected chi connectivity index (χ1v) is 6.84. The number of hydrogen-bond acceptors (Lipinski definition) is 4. The van der Waals surface area contributed by atoms with E-state index in [9.17, 15) is 0 Å². The third-order valence-corrected chi connectivity index (χ3v) is 4.08. The number of hydrogen-bond donors (Lipinski definition) is 1. The van der Waals surface area contributed by atoms with Crippen LogP contribution in [0.4, 0.5) is 10.9 Å². The highest BCUT2D eigenvalue weighted by molar-refractivity contribution is 9.10. The first-order valence-electron chi connectivity index (χ1n) is 5.23. The molecular formula is C12H14BrN3S. The number of benzene rings is 1. The second-order valence-electron chi connectivity index (χ2n) is 4.01. The first-order chi connectivity index (χ1) is 8.06. The molecule has 1 heterocycles. The van der Waals surface area contributed by atoms with E-state index in [2.05, 4.69) is 33.0 Å². The third-order valence-electron chi connectivity index (χ3n) is 2.35. The molecule has 5 heteroatoms. The van der Waals surface area contributed by atoms with Crippen LogP contribution in [0.1, 0.15) is 10.4 Å². The van der Waals surface area contributed by atoms with Gasteiger partial charge in [0, 0.05) is 25.0 Å². The van der Waals surface area contributed by atoms with E-state index in [1.165, 1.54) is 5.56 Å². The van der Waals surface area contributed by atoms with Crippen molar-refractivity contribution in [2.75, 3.05) is 24.7 Å². The molecule has 0 atom stereocenters. The number of aromatic nitrogens is 1. The summed E-state index contributed by atoms with van der Waals surface area (Å²) < 4.78 is 1.09. The normalized spacial score (nSPS) is 10.5. The maximum atomic E-state index is 5.93. The predicted octanol–water partition coefficient (Wildman–Crippen LogP) is 3.14. The lowest BCUT2D eigenvalue weighted by Crippen LogP contribution is -2.07. The summed E-state index contributed by atoms with van der Waals surface area (Å²) in [6, 6.07) is 8.25. The number of nitrogens with zero attached hydrogens (tertiary/aromatic N) is 2. The van der Waals surface area contributed by atoms with Gasteiger partial charge in [0.25, 0.3) is 0 Å². The predicted molar refractivity (Wildman–Crippen MR) is 77.8 cm³/mol. The van der Waals surface area contributed by atoms with Gasteiger partial charge in [0.05, 0.1) is 4.88 Å². The Morgan fingerprint density at radius 2 is 2.18 bits per heavy atom. The van der Waals surface area contributed by atoms with E-state index in [1.54, 1.807) is 11.3 Å². The fourth-order valence-corrected chi connectivity index (χ4v) is 2.88. The summed E-state index contributed by atoms with van der Waals surface area (Å²) in [6.07, 6.45) is 0.830. The van der Waals surface area contributed by atoms with Crippen molar-refractivity contribution in [3.05, 3.63) is 39.2 Å². The average molecular weight is 312 g/mol. The fraction of sp³-hybridized carbons (Fsp3) is 0.250. The molecule has 1 aromatic carbocycles. The van der Waals surface area contributed by atoms with Crippen molar-refractivity contribution in [3.63, 3.8) is 0 Å². The Labute approximate surface area is 113 Å². The Hall–Kier alpha value is -1.07. The van der Waals surface area contributed by atoms with Crippen LogP contribution >= 0.6 is 27.3 Å². The lowest BCUT2D eigenvalue weighted by atomic mass is 10.1. The Bertz CT molecular complexity index is 522. The van der Waals surface area contributed by atoms with E-state index in [-0.39, 0.29) is 0 Å². The molecule has 0 aliphatic heterocycles. The molecule has 3 nitrogen and oxygen atoms in total. The summed E-state index contributed by atoms with van der Waals surface area (Å²) in [5.74, 6) is 0.638. The lowest BCUT2D eigenvalue weighted by Gasteiger charge is -2.05. The monoisotopic (exact) mass is 311 g/mol. The van der Waals surface area contributed by atoms with Gasteiger partial charge >= 0.3 is 0 Å². The summed E-state index contributed by atoms with van der Waals surface area (Å²) in [7, 11) is 3.95. The minimum Gasteiger partial charge on any atom is -0.383 e. The van der Waals surface area contributed by atoms with Crippen molar-refractivity contribution in [1.29, 1.82) is 0 Å². The van der Waals surface area contributed by atoms with Gasteiger partial charge in [-0.3, -0.25) is 0 Å². The largest absolute Gasteiger partial charge is 0.383 e. The van der Waals surface area contributed by atoms with Crippen molar-refractivity contribution < 1.29 is 0 Å². The van der Waals surface area contributed by atoms with E-state index in [4.69, 9.17) is 5.73 Å². The molecule has 90 valence electrons. The summed E-state index contributed by atoms with van der Waals surface area (Å²) in [6.45, 7) is 0. The van der Waals surface area contributed by atoms with Crippen LogP contribution in [0.3, 0.4) is 0 Å². The molecule has 0 unspecified atom stereocenters. The molecule has 0 aliphatic rings. The van der Waals surface area contributed by atoms with Gasteiger partial charge in [-0.25, -0.2) is 4.98 Å². The molecule has 17 heavy (non-hydrogen) atoms. The third kappa shape index (κ3) is 2.98. The van der Waals surface area contributed by atoms with E-state index in [0.29, 0.717) is 5.82 Å². The van der Waals surface area contributed by atoms with Gasteiger partial charge in [0.2, 0.25) is 0 Å². The van der Waals surface area contributed by atoms with Gasteiger partial charge in [-0.15, -0.1) is 0 Å². The second-order valence-corrected chi connectivity index (χ2v) is 5.98. The standard InChI is InChI=1S/C12H14BrN3S/c1-16(2)12-15-11(14)10(17-12)7-8-4-3-5-9(13)6-8/h3-6H,7,14H2,1-2H3. The number of halogens is 1. The maximum Gasteiger partial charge on any atom is 0.187 e. The molecule has 0 aliphatic carbocycles. The van der Waals surface area contributed by atoms with Gasteiger partial charge in [-0.05, 0) is 17.7 Å². The van der Waals surface area contributed by atoms with Crippen LogP contribution in [-0.4, -0.2) is 19.1 Å². The summed E-state index contributed by atoms with van der Waals surface area (Å²) in [5.41, 5.74) is 7.16. The molecular weight excluding hydrogens is 298 g/mol. The van der Waals surface area contributed by atoms with Gasteiger partial charge in [0.1, 0.15) is 5.82 Å². The van der Waals surface area contributed by atoms with E-state index >= 15 is 0 Å². The van der Waals surface area contributed by atoms with E-state index < -0.39 is 0 Å². The highest BCUT2D eigenvalue weighted by Crippen LogP contribution is 2.29. The number of anilines is 2. The fourth-order valence-electron chi connectivity index (χ4n) is 1.50. The molecule has 0 saturated heterocycles. The molecule has 0 radical (unpaired) electrons. The molecule has 0 spiro atoms. The highest BCUT2D eigenvalue weighted by atomic mass is 79.9. The molecule has 0 saturated carbocycles. The SMILES string of the molecule is CN(C)c1nc(N)c(Cc2cccc(Br)c2)s1. The van der Waals surface area contributed by atoms with Crippen LogP contribution in [0.2, 0.25) is 0 Å². The Kier molecular flexibility index (Phi) is 3.69. The number of nitrogen functional groups attached to an aromatic ring is 1. The van der Waals surface area contributed by atoms with E-state index in [0.717, 1.165) is 20.9 Å². The number of thiazole rings is 1. The van der Waals surface area contributed by atoms with Crippen molar-refractivity contribution >= 4 is 38.2 Å². The molecule has 0 amide bonds. The zero-order valence-electron chi connectivity index (χ0n) is 9.77. The zero-order chi connectivity index (χ0) is 12.4.